The molecule has 0 aromatic heterocycles. The van der Waals surface area contributed by atoms with Crippen molar-refractivity contribution >= 4 is 5.97 Å². The van der Waals surface area contributed by atoms with E-state index in [0.29, 0.717) is 44.8 Å². The fourth-order valence-electron chi connectivity index (χ4n) is 2.20. The molecule has 6 heteroatoms. The number of rotatable bonds is 9. The lowest BCUT2D eigenvalue weighted by molar-refractivity contribution is -0.146. The third-order valence-corrected chi connectivity index (χ3v) is 3.30. The zero-order chi connectivity index (χ0) is 15.8. The van der Waals surface area contributed by atoms with Crippen LogP contribution < -0.4 is 4.74 Å². The molecule has 0 spiro atoms. The lowest BCUT2D eigenvalue weighted by Gasteiger charge is -2.11. The molecule has 1 heterocycles. The number of hydrogen-bond acceptors (Lipinski definition) is 5. The summed E-state index contributed by atoms with van der Waals surface area (Å²) >= 11 is 0. The standard InChI is InChI=1S/C16H21FO5/c1-19-7-8-20-6-2-3-16(18)21-11-14-10-12-9-13(17)4-5-15(12)22-14/h4-5,9,14H,2-3,6-8,10-11H2,1H3. The molecule has 2 rings (SSSR count). The Morgan fingerprint density at radius 2 is 2.23 bits per heavy atom. The number of ether oxygens (including phenoxy) is 4. The smallest absolute Gasteiger partial charge is 0.306 e. The molecule has 122 valence electrons. The van der Waals surface area contributed by atoms with Gasteiger partial charge in [0, 0.05) is 32.1 Å². The van der Waals surface area contributed by atoms with Gasteiger partial charge in [-0.1, -0.05) is 0 Å². The van der Waals surface area contributed by atoms with Gasteiger partial charge in [0.1, 0.15) is 24.3 Å². The SMILES string of the molecule is COCCOCCCC(=O)OCC1Cc2cc(F)ccc2O1. The molecule has 0 amide bonds. The maximum Gasteiger partial charge on any atom is 0.306 e. The molecule has 1 aromatic rings. The molecule has 1 aromatic carbocycles. The van der Waals surface area contributed by atoms with Crippen molar-refractivity contribution < 1.29 is 28.1 Å². The van der Waals surface area contributed by atoms with Crippen molar-refractivity contribution in [1.82, 2.24) is 0 Å². The Kier molecular flexibility index (Phi) is 6.61. The van der Waals surface area contributed by atoms with Gasteiger partial charge >= 0.3 is 5.97 Å². The summed E-state index contributed by atoms with van der Waals surface area (Å²) in [6.45, 7) is 1.75. The van der Waals surface area contributed by atoms with E-state index in [1.807, 2.05) is 0 Å². The minimum absolute atomic E-state index is 0.180. The summed E-state index contributed by atoms with van der Waals surface area (Å²) in [6.07, 6.45) is 1.24. The number of carbonyl (C=O) groups is 1. The molecular weight excluding hydrogens is 291 g/mol. The van der Waals surface area contributed by atoms with Gasteiger partial charge in [0.15, 0.2) is 0 Å². The number of carbonyl (C=O) groups excluding carboxylic acids is 1. The van der Waals surface area contributed by atoms with Crippen LogP contribution in [0.4, 0.5) is 4.39 Å². The predicted octanol–water partition coefficient (Wildman–Crippen LogP) is 2.12. The summed E-state index contributed by atoms with van der Waals surface area (Å²) in [5, 5.41) is 0. The second-order valence-electron chi connectivity index (χ2n) is 5.09. The van der Waals surface area contributed by atoms with E-state index in [1.165, 1.54) is 12.1 Å². The number of hydrogen-bond donors (Lipinski definition) is 0. The Morgan fingerprint density at radius 1 is 1.36 bits per heavy atom. The third-order valence-electron chi connectivity index (χ3n) is 3.30. The Balaban J connectivity index is 1.58. The van der Waals surface area contributed by atoms with Gasteiger partial charge < -0.3 is 18.9 Å². The fourth-order valence-corrected chi connectivity index (χ4v) is 2.20. The maximum absolute atomic E-state index is 13.1. The molecule has 22 heavy (non-hydrogen) atoms. The van der Waals surface area contributed by atoms with Crippen molar-refractivity contribution in [3.8, 4) is 5.75 Å². The molecule has 0 N–H and O–H groups in total. The van der Waals surface area contributed by atoms with Crippen molar-refractivity contribution in [2.24, 2.45) is 0 Å². The number of methoxy groups -OCH3 is 1. The van der Waals surface area contributed by atoms with Gasteiger partial charge in [-0.3, -0.25) is 4.79 Å². The van der Waals surface area contributed by atoms with E-state index in [-0.39, 0.29) is 24.5 Å². The van der Waals surface area contributed by atoms with Crippen LogP contribution in [0.5, 0.6) is 5.75 Å². The molecule has 0 radical (unpaired) electrons. The zero-order valence-corrected chi connectivity index (χ0v) is 12.7. The van der Waals surface area contributed by atoms with Gasteiger partial charge in [-0.05, 0) is 24.6 Å². The topological polar surface area (TPSA) is 54.0 Å². The molecule has 1 aliphatic rings. The van der Waals surface area contributed by atoms with Gasteiger partial charge in [0.05, 0.1) is 13.2 Å². The van der Waals surface area contributed by atoms with E-state index in [2.05, 4.69) is 0 Å². The fraction of sp³-hybridized carbons (Fsp3) is 0.562. The van der Waals surface area contributed by atoms with Crippen LogP contribution in [0.25, 0.3) is 0 Å². The Labute approximate surface area is 129 Å². The monoisotopic (exact) mass is 312 g/mol. The summed E-state index contributed by atoms with van der Waals surface area (Å²) in [5.41, 5.74) is 0.813. The average Bonchev–Trinajstić information content (AvgIpc) is 2.90. The summed E-state index contributed by atoms with van der Waals surface area (Å²) < 4.78 is 34.0. The van der Waals surface area contributed by atoms with Gasteiger partial charge in [0.25, 0.3) is 0 Å². The number of benzene rings is 1. The van der Waals surface area contributed by atoms with Gasteiger partial charge in [0.2, 0.25) is 0 Å². The van der Waals surface area contributed by atoms with Crippen molar-refractivity contribution in [1.29, 1.82) is 0 Å². The summed E-state index contributed by atoms with van der Waals surface area (Å²) in [6, 6.07) is 4.41. The highest BCUT2D eigenvalue weighted by Crippen LogP contribution is 2.29. The van der Waals surface area contributed by atoms with Crippen molar-refractivity contribution in [3.63, 3.8) is 0 Å². The van der Waals surface area contributed by atoms with E-state index in [4.69, 9.17) is 18.9 Å². The first kappa shape index (κ1) is 16.7. The van der Waals surface area contributed by atoms with Crippen molar-refractivity contribution in [3.05, 3.63) is 29.6 Å². The summed E-state index contributed by atoms with van der Waals surface area (Å²) in [7, 11) is 1.61. The Hall–Kier alpha value is -1.66. The van der Waals surface area contributed by atoms with E-state index < -0.39 is 0 Å². The average molecular weight is 312 g/mol. The van der Waals surface area contributed by atoms with Gasteiger partial charge in [-0.2, -0.15) is 0 Å². The minimum Gasteiger partial charge on any atom is -0.486 e. The zero-order valence-electron chi connectivity index (χ0n) is 12.7. The van der Waals surface area contributed by atoms with Crippen LogP contribution in [0.3, 0.4) is 0 Å². The first-order valence-electron chi connectivity index (χ1n) is 7.36. The predicted molar refractivity (Wildman–Crippen MR) is 77.4 cm³/mol. The molecule has 0 bridgehead atoms. The highest BCUT2D eigenvalue weighted by atomic mass is 19.1. The highest BCUT2D eigenvalue weighted by Gasteiger charge is 2.24. The summed E-state index contributed by atoms with van der Waals surface area (Å²) in [4.78, 5) is 11.6. The third kappa shape index (κ3) is 5.27. The van der Waals surface area contributed by atoms with Crippen LogP contribution in [0.1, 0.15) is 18.4 Å². The van der Waals surface area contributed by atoms with Crippen molar-refractivity contribution in [2.45, 2.75) is 25.4 Å². The van der Waals surface area contributed by atoms with Crippen molar-refractivity contribution in [2.75, 3.05) is 33.5 Å². The molecule has 1 atom stereocenters. The maximum atomic E-state index is 13.1. The van der Waals surface area contributed by atoms with E-state index in [1.54, 1.807) is 13.2 Å². The van der Waals surface area contributed by atoms with Crippen LogP contribution in [0.15, 0.2) is 18.2 Å². The van der Waals surface area contributed by atoms with Gasteiger partial charge in [-0.15, -0.1) is 0 Å². The van der Waals surface area contributed by atoms with Crippen LogP contribution >= 0.6 is 0 Å². The minimum atomic E-state index is -0.284. The largest absolute Gasteiger partial charge is 0.486 e. The van der Waals surface area contributed by atoms with Gasteiger partial charge in [-0.25, -0.2) is 4.39 Å². The number of fused-ring (bicyclic) bond motifs is 1. The lowest BCUT2D eigenvalue weighted by Crippen LogP contribution is -2.23. The van der Waals surface area contributed by atoms with E-state index >= 15 is 0 Å². The van der Waals surface area contributed by atoms with Crippen LogP contribution in [-0.4, -0.2) is 45.6 Å². The molecule has 0 saturated heterocycles. The number of esters is 1. The second-order valence-corrected chi connectivity index (χ2v) is 5.09. The molecule has 0 saturated carbocycles. The molecule has 1 unspecified atom stereocenters. The second kappa shape index (κ2) is 8.70. The molecule has 1 aliphatic heterocycles. The van der Waals surface area contributed by atoms with Crippen LogP contribution in [0, 0.1) is 5.82 Å². The Morgan fingerprint density at radius 3 is 3.05 bits per heavy atom. The quantitative estimate of drug-likeness (QED) is 0.516. The van der Waals surface area contributed by atoms with Crippen LogP contribution in [-0.2, 0) is 25.4 Å². The molecule has 5 nitrogen and oxygen atoms in total. The van der Waals surface area contributed by atoms with E-state index in [9.17, 15) is 9.18 Å². The molecule has 0 fully saturated rings. The Bertz CT molecular complexity index is 491. The van der Waals surface area contributed by atoms with Crippen LogP contribution in [0.2, 0.25) is 0 Å². The number of halogens is 1. The lowest BCUT2D eigenvalue weighted by atomic mass is 10.1. The highest BCUT2D eigenvalue weighted by molar-refractivity contribution is 5.69. The first-order valence-corrected chi connectivity index (χ1v) is 7.36. The molecular formula is C16H21FO5. The van der Waals surface area contributed by atoms with E-state index in [0.717, 1.165) is 5.56 Å². The molecule has 0 aliphatic carbocycles. The first-order chi connectivity index (χ1) is 10.7. The normalized spacial score (nSPS) is 16.2. The summed E-state index contributed by atoms with van der Waals surface area (Å²) in [5.74, 6) is 0.100.